The summed E-state index contributed by atoms with van der Waals surface area (Å²) in [5, 5.41) is 12.6. The molecule has 1 amide bonds. The molecule has 2 heterocycles. The van der Waals surface area contributed by atoms with Gasteiger partial charge in [-0.2, -0.15) is 0 Å². The van der Waals surface area contributed by atoms with Gasteiger partial charge in [0.15, 0.2) is 0 Å². The quantitative estimate of drug-likeness (QED) is 0.778. The first-order valence-corrected chi connectivity index (χ1v) is 8.83. The second-order valence-electron chi connectivity index (χ2n) is 6.68. The van der Waals surface area contributed by atoms with Crippen molar-refractivity contribution in [2.45, 2.75) is 57.8 Å². The number of amides is 1. The first-order valence-electron chi connectivity index (χ1n) is 8.01. The first kappa shape index (κ1) is 18.8. The molecule has 0 bridgehead atoms. The molecule has 2 unspecified atom stereocenters. The number of hydrogen-bond acceptors (Lipinski definition) is 6. The Morgan fingerprint density at radius 1 is 1.54 bits per heavy atom. The van der Waals surface area contributed by atoms with E-state index in [4.69, 9.17) is 9.47 Å². The van der Waals surface area contributed by atoms with E-state index in [0.717, 1.165) is 17.8 Å². The molecule has 8 heteroatoms. The number of nitrogens with one attached hydrogen (secondary N) is 1. The number of aromatic nitrogens is 1. The van der Waals surface area contributed by atoms with Gasteiger partial charge in [-0.25, -0.2) is 9.78 Å². The zero-order valence-corrected chi connectivity index (χ0v) is 15.0. The van der Waals surface area contributed by atoms with Gasteiger partial charge in [0.05, 0.1) is 11.8 Å². The second-order valence-corrected chi connectivity index (χ2v) is 7.74. The average molecular weight is 356 g/mol. The van der Waals surface area contributed by atoms with Crippen LogP contribution in [-0.4, -0.2) is 46.8 Å². The highest BCUT2D eigenvalue weighted by molar-refractivity contribution is 7.13. The lowest BCUT2D eigenvalue weighted by Crippen LogP contribution is -2.41. The van der Waals surface area contributed by atoms with E-state index in [1.54, 1.807) is 0 Å². The standard InChI is InChI=1S/C16H24N2O5S/c1-16(2,3)23-8-6-10(15(20)21)18-13(19)12-9-17-14(24-12)11-5-4-7-22-11/h9-11H,4-8H2,1-3H3,(H,18,19)(H,20,21). The van der Waals surface area contributed by atoms with Crippen molar-refractivity contribution in [3.05, 3.63) is 16.1 Å². The van der Waals surface area contributed by atoms with Gasteiger partial charge in [0.1, 0.15) is 22.0 Å². The van der Waals surface area contributed by atoms with E-state index >= 15 is 0 Å². The Balaban J connectivity index is 1.91. The summed E-state index contributed by atoms with van der Waals surface area (Å²) in [6.07, 6.45) is 3.51. The molecule has 0 aliphatic carbocycles. The zero-order chi connectivity index (χ0) is 17.7. The molecule has 1 aromatic heterocycles. The third-order valence-corrected chi connectivity index (χ3v) is 4.59. The van der Waals surface area contributed by atoms with Crippen LogP contribution in [-0.2, 0) is 14.3 Å². The number of nitrogens with zero attached hydrogens (tertiary/aromatic N) is 1. The largest absolute Gasteiger partial charge is 0.480 e. The van der Waals surface area contributed by atoms with Crippen LogP contribution < -0.4 is 5.32 Å². The molecule has 0 saturated carbocycles. The van der Waals surface area contributed by atoms with Crippen molar-refractivity contribution in [3.63, 3.8) is 0 Å². The highest BCUT2D eigenvalue weighted by Gasteiger charge is 2.25. The summed E-state index contributed by atoms with van der Waals surface area (Å²) in [6.45, 7) is 6.65. The Bertz CT molecular complexity index is 575. The Morgan fingerprint density at radius 2 is 2.29 bits per heavy atom. The molecule has 2 atom stereocenters. The molecule has 24 heavy (non-hydrogen) atoms. The summed E-state index contributed by atoms with van der Waals surface area (Å²) in [7, 11) is 0. The molecule has 1 aliphatic heterocycles. The number of carboxylic acids is 1. The van der Waals surface area contributed by atoms with Crippen LogP contribution in [0.5, 0.6) is 0 Å². The SMILES string of the molecule is CC(C)(C)OCCC(NC(=O)c1cnc(C2CCCO2)s1)C(=O)O. The summed E-state index contributed by atoms with van der Waals surface area (Å²) in [6, 6.07) is -0.992. The van der Waals surface area contributed by atoms with Crippen LogP contribution in [0.2, 0.25) is 0 Å². The lowest BCUT2D eigenvalue weighted by Gasteiger charge is -2.21. The van der Waals surface area contributed by atoms with E-state index in [1.807, 2.05) is 20.8 Å². The van der Waals surface area contributed by atoms with Crippen molar-refractivity contribution >= 4 is 23.2 Å². The van der Waals surface area contributed by atoms with Crippen LogP contribution in [0.15, 0.2) is 6.20 Å². The normalized spacial score (nSPS) is 19.2. The van der Waals surface area contributed by atoms with Crippen molar-refractivity contribution in [2.24, 2.45) is 0 Å². The summed E-state index contributed by atoms with van der Waals surface area (Å²) in [5.41, 5.74) is -0.346. The molecule has 1 saturated heterocycles. The summed E-state index contributed by atoms with van der Waals surface area (Å²) in [4.78, 5) is 28.2. The van der Waals surface area contributed by atoms with Gasteiger partial charge in [0.2, 0.25) is 0 Å². The molecule has 0 spiro atoms. The first-order chi connectivity index (χ1) is 11.3. The minimum absolute atomic E-state index is 0.0491. The Hall–Kier alpha value is -1.51. The second kappa shape index (κ2) is 8.04. The van der Waals surface area contributed by atoms with Crippen molar-refractivity contribution in [1.82, 2.24) is 10.3 Å². The van der Waals surface area contributed by atoms with Crippen LogP contribution in [0.3, 0.4) is 0 Å². The van der Waals surface area contributed by atoms with Crippen LogP contribution >= 0.6 is 11.3 Å². The maximum Gasteiger partial charge on any atom is 0.326 e. The molecule has 2 rings (SSSR count). The number of aliphatic carboxylic acids is 1. The molecular formula is C16H24N2O5S. The predicted octanol–water partition coefficient (Wildman–Crippen LogP) is 2.38. The van der Waals surface area contributed by atoms with Gasteiger partial charge >= 0.3 is 5.97 Å². The molecule has 0 radical (unpaired) electrons. The van der Waals surface area contributed by atoms with Gasteiger partial charge in [-0.3, -0.25) is 4.79 Å². The van der Waals surface area contributed by atoms with E-state index in [0.29, 0.717) is 11.5 Å². The van der Waals surface area contributed by atoms with Crippen LogP contribution in [0.25, 0.3) is 0 Å². The lowest BCUT2D eigenvalue weighted by molar-refractivity contribution is -0.140. The van der Waals surface area contributed by atoms with Crippen molar-refractivity contribution in [2.75, 3.05) is 13.2 Å². The van der Waals surface area contributed by atoms with E-state index in [2.05, 4.69) is 10.3 Å². The van der Waals surface area contributed by atoms with E-state index in [1.165, 1.54) is 17.5 Å². The Labute approximate surface area is 145 Å². The summed E-state index contributed by atoms with van der Waals surface area (Å²) in [5.74, 6) is -1.51. The fraction of sp³-hybridized carbons (Fsp3) is 0.688. The lowest BCUT2D eigenvalue weighted by atomic mass is 10.1. The van der Waals surface area contributed by atoms with Crippen LogP contribution in [0.4, 0.5) is 0 Å². The molecule has 134 valence electrons. The van der Waals surface area contributed by atoms with Crippen molar-refractivity contribution < 1.29 is 24.2 Å². The number of carbonyl (C=O) groups excluding carboxylic acids is 1. The van der Waals surface area contributed by atoms with Gasteiger partial charge in [-0.05, 0) is 33.6 Å². The minimum atomic E-state index is -1.08. The summed E-state index contributed by atoms with van der Waals surface area (Å²) >= 11 is 1.25. The van der Waals surface area contributed by atoms with Gasteiger partial charge in [0, 0.05) is 19.6 Å². The van der Waals surface area contributed by atoms with Gasteiger partial charge in [-0.15, -0.1) is 11.3 Å². The molecule has 7 nitrogen and oxygen atoms in total. The van der Waals surface area contributed by atoms with Gasteiger partial charge in [0.25, 0.3) is 5.91 Å². The Kier molecular flexibility index (Phi) is 6.31. The number of hydrogen-bond donors (Lipinski definition) is 2. The Morgan fingerprint density at radius 3 is 2.88 bits per heavy atom. The van der Waals surface area contributed by atoms with Gasteiger partial charge in [-0.1, -0.05) is 0 Å². The van der Waals surface area contributed by atoms with E-state index in [9.17, 15) is 14.7 Å². The fourth-order valence-corrected chi connectivity index (χ4v) is 3.19. The number of carbonyl (C=O) groups is 2. The van der Waals surface area contributed by atoms with Crippen molar-refractivity contribution in [1.29, 1.82) is 0 Å². The molecular weight excluding hydrogens is 332 g/mol. The third-order valence-electron chi connectivity index (χ3n) is 3.50. The molecule has 1 aromatic rings. The average Bonchev–Trinajstić information content (AvgIpc) is 3.15. The smallest absolute Gasteiger partial charge is 0.326 e. The van der Waals surface area contributed by atoms with Crippen LogP contribution in [0, 0.1) is 0 Å². The number of thiazole rings is 1. The maximum absolute atomic E-state index is 12.3. The van der Waals surface area contributed by atoms with E-state index in [-0.39, 0.29) is 24.7 Å². The number of carboxylic acid groups (broad SMARTS) is 1. The highest BCUT2D eigenvalue weighted by Crippen LogP contribution is 2.31. The monoisotopic (exact) mass is 356 g/mol. The predicted molar refractivity (Wildman–Crippen MR) is 89.3 cm³/mol. The number of ether oxygens (including phenoxy) is 2. The third kappa shape index (κ3) is 5.54. The molecule has 2 N–H and O–H groups in total. The molecule has 1 fully saturated rings. The molecule has 0 aromatic carbocycles. The topological polar surface area (TPSA) is 97.8 Å². The maximum atomic E-state index is 12.3. The van der Waals surface area contributed by atoms with Crippen molar-refractivity contribution in [3.8, 4) is 0 Å². The minimum Gasteiger partial charge on any atom is -0.480 e. The van der Waals surface area contributed by atoms with E-state index < -0.39 is 17.9 Å². The van der Waals surface area contributed by atoms with Gasteiger partial charge < -0.3 is 19.9 Å². The fourth-order valence-electron chi connectivity index (χ4n) is 2.28. The zero-order valence-electron chi connectivity index (χ0n) is 14.2. The van der Waals surface area contributed by atoms with Crippen LogP contribution in [0.1, 0.15) is 60.8 Å². The molecule has 1 aliphatic rings. The summed E-state index contributed by atoms with van der Waals surface area (Å²) < 4.78 is 11.1. The highest BCUT2D eigenvalue weighted by atomic mass is 32.1. The number of rotatable bonds is 7.